The van der Waals surface area contributed by atoms with Gasteiger partial charge in [-0.1, -0.05) is 0 Å². The minimum atomic E-state index is -1.50. The molecule has 0 spiro atoms. The van der Waals surface area contributed by atoms with Crippen LogP contribution in [-0.4, -0.2) is 55.8 Å². The number of hydrogen-bond donors (Lipinski definition) is 1. The molecule has 5 heavy (non-hydrogen) atoms. The van der Waals surface area contributed by atoms with Gasteiger partial charge in [-0.2, -0.15) is 0 Å². The van der Waals surface area contributed by atoms with Crippen LogP contribution in [-0.2, 0) is 0 Å². The van der Waals surface area contributed by atoms with E-state index >= 15 is 0 Å². The van der Waals surface area contributed by atoms with Crippen molar-refractivity contribution in [3.05, 3.63) is 10.1 Å². The third-order valence-corrected chi connectivity index (χ3v) is 0. The molecule has 0 rings (SSSR count). The molecule has 0 aromatic heterocycles. The summed E-state index contributed by atoms with van der Waals surface area (Å²) in [7, 11) is 0. The number of hydrogen-bond acceptors (Lipinski definition) is 2. The molecular weight excluding hydrogens is 150 g/mol. The Balaban J connectivity index is -0.0000000150. The maximum Gasteiger partial charge on any atom is 2.00 e. The zero-order valence-electron chi connectivity index (χ0n) is 4.42. The quantitative estimate of drug-likeness (QED) is 0.289. The van der Waals surface area contributed by atoms with Crippen LogP contribution in [0.3, 0.4) is 0 Å². The van der Waals surface area contributed by atoms with Crippen molar-refractivity contribution in [3.8, 4) is 0 Å². The SMILES string of the molecule is O=[N+]([O-])O.[H-].[H-].[Sr+2]. The molecule has 0 bridgehead atoms. The van der Waals surface area contributed by atoms with Crippen LogP contribution in [0.15, 0.2) is 0 Å². The van der Waals surface area contributed by atoms with Crippen LogP contribution < -0.4 is 0 Å². The molecule has 28 valence electrons. The van der Waals surface area contributed by atoms with Crippen LogP contribution in [0, 0.1) is 10.1 Å². The second-order valence-corrected chi connectivity index (χ2v) is 0.238. The second kappa shape index (κ2) is 4.68. The van der Waals surface area contributed by atoms with Crippen molar-refractivity contribution in [1.29, 1.82) is 0 Å². The summed E-state index contributed by atoms with van der Waals surface area (Å²) in [4.78, 5) is 8.36. The summed E-state index contributed by atoms with van der Waals surface area (Å²) in [6.07, 6.45) is 0. The molecule has 0 fully saturated rings. The fourth-order valence-electron chi connectivity index (χ4n) is 0. The van der Waals surface area contributed by atoms with Crippen molar-refractivity contribution in [3.63, 3.8) is 0 Å². The van der Waals surface area contributed by atoms with Gasteiger partial charge in [0.25, 0.3) is 5.09 Å². The van der Waals surface area contributed by atoms with E-state index in [2.05, 4.69) is 0 Å². The molecule has 0 aromatic rings. The Morgan fingerprint density at radius 1 is 2.00 bits per heavy atom. The van der Waals surface area contributed by atoms with Crippen LogP contribution in [0.25, 0.3) is 0 Å². The van der Waals surface area contributed by atoms with Gasteiger partial charge >= 0.3 is 45.5 Å². The summed E-state index contributed by atoms with van der Waals surface area (Å²) < 4.78 is 0. The van der Waals surface area contributed by atoms with Crippen LogP contribution in [0.4, 0.5) is 0 Å². The molecule has 0 atom stereocenters. The van der Waals surface area contributed by atoms with Crippen molar-refractivity contribution in [2.45, 2.75) is 0 Å². The summed E-state index contributed by atoms with van der Waals surface area (Å²) in [5.74, 6) is 0. The van der Waals surface area contributed by atoms with E-state index in [1.165, 1.54) is 0 Å². The Labute approximate surface area is 68.1 Å². The van der Waals surface area contributed by atoms with E-state index in [-0.39, 0.29) is 48.3 Å². The van der Waals surface area contributed by atoms with Gasteiger partial charge in [0.05, 0.1) is 0 Å². The normalized spacial score (nSPS) is 4.80. The Morgan fingerprint density at radius 3 is 2.00 bits per heavy atom. The Hall–Kier alpha value is 0.681. The molecule has 0 saturated carbocycles. The topological polar surface area (TPSA) is 63.4 Å². The van der Waals surface area contributed by atoms with Crippen molar-refractivity contribution in [1.82, 2.24) is 0 Å². The molecule has 5 heteroatoms. The van der Waals surface area contributed by atoms with Gasteiger partial charge in [-0.15, -0.1) is 10.1 Å². The Bertz CT molecular complexity index is 35.9. The smallest absolute Gasteiger partial charge is 1.00 e. The van der Waals surface area contributed by atoms with Crippen molar-refractivity contribution in [2.24, 2.45) is 0 Å². The van der Waals surface area contributed by atoms with Gasteiger partial charge in [0.15, 0.2) is 0 Å². The summed E-state index contributed by atoms with van der Waals surface area (Å²) in [6.45, 7) is 0. The fourth-order valence-corrected chi connectivity index (χ4v) is 0. The van der Waals surface area contributed by atoms with Gasteiger partial charge in [-0.3, -0.25) is 0 Å². The average Bonchev–Trinajstić information content (AvgIpc) is 0.811. The minimum absolute atomic E-state index is 0. The van der Waals surface area contributed by atoms with Gasteiger partial charge in [-0.05, 0) is 0 Å². The predicted molar refractivity (Wildman–Crippen MR) is 16.8 cm³/mol. The van der Waals surface area contributed by atoms with Crippen molar-refractivity contribution < 1.29 is 13.1 Å². The van der Waals surface area contributed by atoms with E-state index in [1.807, 2.05) is 0 Å². The predicted octanol–water partition coefficient (Wildman–Crippen LogP) is -0.504. The van der Waals surface area contributed by atoms with Gasteiger partial charge in [-0.25, -0.2) is 0 Å². The molecule has 0 aliphatic rings. The standard InChI is InChI=1S/HNO3.Sr.2H/c2-1(3)4;;;/h(H,2,3,4);;;/q;+2;2*-1. The van der Waals surface area contributed by atoms with Crippen LogP contribution >= 0.6 is 0 Å². The maximum absolute atomic E-state index is 8.36. The molecule has 0 aliphatic carbocycles. The van der Waals surface area contributed by atoms with E-state index < -0.39 is 5.09 Å². The Morgan fingerprint density at radius 2 is 2.00 bits per heavy atom. The zero-order valence-corrected chi connectivity index (χ0v) is 5.89. The molecule has 1 N–H and O–H groups in total. The van der Waals surface area contributed by atoms with E-state index in [0.29, 0.717) is 0 Å². The first-order valence-electron chi connectivity index (χ1n) is 0.565. The van der Waals surface area contributed by atoms with E-state index in [4.69, 9.17) is 15.3 Å². The number of rotatable bonds is 0. The van der Waals surface area contributed by atoms with E-state index in [0.717, 1.165) is 0 Å². The average molecular weight is 153 g/mol. The van der Waals surface area contributed by atoms with E-state index in [9.17, 15) is 0 Å². The molecule has 0 heterocycles. The number of nitrogens with zero attached hydrogens (tertiary/aromatic N) is 1. The fraction of sp³-hybridized carbons (Fsp3) is 0. The Kier molecular flexibility index (Phi) is 8.60. The van der Waals surface area contributed by atoms with Crippen LogP contribution in [0.2, 0.25) is 0 Å². The monoisotopic (exact) mass is 153 g/mol. The molecular formula is H3NO3Sr. The molecule has 0 radical (unpaired) electrons. The molecule has 0 aliphatic heterocycles. The largest absolute Gasteiger partial charge is 2.00 e. The molecule has 0 aromatic carbocycles. The van der Waals surface area contributed by atoms with Crippen molar-refractivity contribution >= 4 is 45.5 Å². The first kappa shape index (κ1) is 9.19. The van der Waals surface area contributed by atoms with E-state index in [1.54, 1.807) is 0 Å². The van der Waals surface area contributed by atoms with Gasteiger partial charge < -0.3 is 8.06 Å². The zero-order chi connectivity index (χ0) is 3.58. The van der Waals surface area contributed by atoms with Gasteiger partial charge in [0.2, 0.25) is 0 Å². The summed E-state index contributed by atoms with van der Waals surface area (Å²) >= 11 is 0. The molecule has 0 amide bonds. The molecule has 4 nitrogen and oxygen atoms in total. The first-order valence-corrected chi connectivity index (χ1v) is 0.565. The van der Waals surface area contributed by atoms with Crippen LogP contribution in [0.1, 0.15) is 2.85 Å². The van der Waals surface area contributed by atoms with Crippen molar-refractivity contribution in [2.75, 3.05) is 0 Å². The van der Waals surface area contributed by atoms with Crippen LogP contribution in [0.5, 0.6) is 0 Å². The third-order valence-electron chi connectivity index (χ3n) is 0. The van der Waals surface area contributed by atoms with Gasteiger partial charge in [0.1, 0.15) is 0 Å². The molecule has 0 unspecified atom stereocenters. The third kappa shape index (κ3) is 72.6. The summed E-state index contributed by atoms with van der Waals surface area (Å²) in [6, 6.07) is 0. The second-order valence-electron chi connectivity index (χ2n) is 0.238. The maximum atomic E-state index is 8.36. The van der Waals surface area contributed by atoms with Gasteiger partial charge in [0, 0.05) is 0 Å². The molecule has 0 saturated heterocycles. The minimum Gasteiger partial charge on any atom is -1.00 e. The first-order chi connectivity index (χ1) is 1.73. The summed E-state index contributed by atoms with van der Waals surface area (Å²) in [5.41, 5.74) is 0. The summed E-state index contributed by atoms with van der Waals surface area (Å²) in [5, 5.41) is 13.6.